The van der Waals surface area contributed by atoms with Crippen LogP contribution in [0.4, 0.5) is 5.88 Å². The van der Waals surface area contributed by atoms with Crippen LogP contribution in [-0.4, -0.2) is 62.3 Å². The molecule has 1 amide bonds. The van der Waals surface area contributed by atoms with Gasteiger partial charge in [0.15, 0.2) is 5.88 Å². The monoisotopic (exact) mass is 411 g/mol. The second-order valence-corrected chi connectivity index (χ2v) is 8.43. The zero-order valence-corrected chi connectivity index (χ0v) is 17.4. The number of carbonyl (C=O) groups is 1. The summed E-state index contributed by atoms with van der Waals surface area (Å²) in [6, 6.07) is 11.6. The lowest BCUT2D eigenvalue weighted by molar-refractivity contribution is 0.0217. The van der Waals surface area contributed by atoms with Crippen LogP contribution in [0.15, 0.2) is 40.8 Å². The molecule has 4 aliphatic rings. The van der Waals surface area contributed by atoms with Crippen LogP contribution in [0.2, 0.25) is 0 Å². The van der Waals surface area contributed by atoms with Crippen molar-refractivity contribution in [1.82, 2.24) is 10.2 Å². The van der Waals surface area contributed by atoms with Gasteiger partial charge in [-0.3, -0.25) is 9.69 Å². The van der Waals surface area contributed by atoms with E-state index in [-0.39, 0.29) is 11.9 Å². The molecule has 5 heterocycles. The van der Waals surface area contributed by atoms with Gasteiger partial charge in [-0.05, 0) is 63.0 Å². The number of carbonyl (C=O) groups excluding carboxylic acids is 1. The smallest absolute Gasteiger partial charge is 0.291 e. The van der Waals surface area contributed by atoms with Crippen molar-refractivity contribution in [3.8, 4) is 11.7 Å². The zero-order valence-electron chi connectivity index (χ0n) is 17.4. The predicted molar refractivity (Wildman–Crippen MR) is 113 cm³/mol. The first-order chi connectivity index (χ1) is 14.7. The molecule has 7 nitrogen and oxygen atoms in total. The molecular formula is C23H29N3O4. The molecule has 1 N–H and O–H groups in total. The Labute approximate surface area is 176 Å². The summed E-state index contributed by atoms with van der Waals surface area (Å²) in [5.41, 5.74) is 0.652. The molecule has 2 bridgehead atoms. The first kappa shape index (κ1) is 19.5. The highest BCUT2D eigenvalue weighted by Gasteiger charge is 2.40. The van der Waals surface area contributed by atoms with E-state index in [0.29, 0.717) is 42.4 Å². The molecule has 1 aromatic heterocycles. The second-order valence-electron chi connectivity index (χ2n) is 8.43. The first-order valence-electron chi connectivity index (χ1n) is 10.9. The maximum Gasteiger partial charge on any atom is 0.291 e. The average Bonchev–Trinajstić information content (AvgIpc) is 3.26. The molecule has 0 saturated carbocycles. The van der Waals surface area contributed by atoms with Gasteiger partial charge in [0.25, 0.3) is 11.9 Å². The minimum atomic E-state index is -0.0141. The number of hydrogen-bond donors (Lipinski definition) is 1. The van der Waals surface area contributed by atoms with E-state index in [9.17, 15) is 4.79 Å². The highest BCUT2D eigenvalue weighted by molar-refractivity contribution is 5.94. The fraction of sp³-hybridized carbons (Fsp3) is 0.522. The van der Waals surface area contributed by atoms with Gasteiger partial charge in [-0.25, -0.2) is 0 Å². The molecule has 1 aromatic carbocycles. The molecule has 160 valence electrons. The first-order valence-corrected chi connectivity index (χ1v) is 10.9. The molecule has 0 spiro atoms. The summed E-state index contributed by atoms with van der Waals surface area (Å²) in [5.74, 6) is 2.45. The van der Waals surface area contributed by atoms with E-state index >= 15 is 0 Å². The molecular weight excluding hydrogens is 382 g/mol. The highest BCUT2D eigenvalue weighted by Crippen LogP contribution is 2.32. The number of piperidine rings is 3. The Morgan fingerprint density at radius 3 is 2.47 bits per heavy atom. The lowest BCUT2D eigenvalue weighted by atomic mass is 9.79. The van der Waals surface area contributed by atoms with Crippen LogP contribution in [-0.2, 0) is 4.74 Å². The summed E-state index contributed by atoms with van der Waals surface area (Å²) in [4.78, 5) is 17.4. The topological polar surface area (TPSA) is 67.2 Å². The van der Waals surface area contributed by atoms with Crippen molar-refractivity contribution in [2.75, 3.05) is 44.3 Å². The molecule has 2 atom stereocenters. The van der Waals surface area contributed by atoms with Crippen LogP contribution < -0.4 is 15.0 Å². The van der Waals surface area contributed by atoms with Crippen molar-refractivity contribution >= 4 is 11.8 Å². The van der Waals surface area contributed by atoms with Gasteiger partial charge in [0.1, 0.15) is 5.75 Å². The number of fused-ring (bicyclic) bond motifs is 3. The van der Waals surface area contributed by atoms with Crippen LogP contribution in [0.3, 0.4) is 0 Å². The maximum atomic E-state index is 12.8. The number of nitrogens with zero attached hydrogens (tertiary/aromatic N) is 2. The zero-order chi connectivity index (χ0) is 20.5. The summed E-state index contributed by atoms with van der Waals surface area (Å²) < 4.78 is 17.0. The molecule has 0 aliphatic carbocycles. The number of amides is 1. The third kappa shape index (κ3) is 3.91. The second kappa shape index (κ2) is 8.32. The SMILES string of the molecule is C[C@H]1[C@H](NC(=O)c2ccc(Oc3ccc(N4CCOCC4)o3)cc2)C2CCN1CC2. The lowest BCUT2D eigenvalue weighted by Gasteiger charge is -2.49. The number of anilines is 1. The van der Waals surface area contributed by atoms with Gasteiger partial charge in [0.2, 0.25) is 0 Å². The summed E-state index contributed by atoms with van der Waals surface area (Å²) in [6.07, 6.45) is 2.36. The summed E-state index contributed by atoms with van der Waals surface area (Å²) in [5, 5.41) is 3.27. The van der Waals surface area contributed by atoms with Crippen LogP contribution in [0.1, 0.15) is 30.1 Å². The Kier molecular flexibility index (Phi) is 5.39. The van der Waals surface area contributed by atoms with Gasteiger partial charge < -0.3 is 24.1 Å². The van der Waals surface area contributed by atoms with Crippen molar-refractivity contribution < 1.29 is 18.7 Å². The standard InChI is InChI=1S/C23H29N3O4/c1-16-22(17-8-10-25(16)11-9-17)24-23(27)18-2-4-19(5-3-18)29-21-7-6-20(30-21)26-12-14-28-15-13-26/h2-7,16-17,22H,8-15H2,1H3,(H,24,27)/t16-,22-/m0/s1. The fourth-order valence-corrected chi connectivity index (χ4v) is 4.89. The minimum absolute atomic E-state index is 0.0141. The molecule has 4 saturated heterocycles. The average molecular weight is 412 g/mol. The van der Waals surface area contributed by atoms with Gasteiger partial charge in [-0.1, -0.05) is 0 Å². The summed E-state index contributed by atoms with van der Waals surface area (Å²) >= 11 is 0. The molecule has 7 heteroatoms. The van der Waals surface area contributed by atoms with Crippen molar-refractivity contribution in [3.63, 3.8) is 0 Å². The number of hydrogen-bond acceptors (Lipinski definition) is 6. The van der Waals surface area contributed by atoms with Gasteiger partial charge in [0.05, 0.1) is 13.2 Å². The van der Waals surface area contributed by atoms with Crippen molar-refractivity contribution in [2.24, 2.45) is 5.92 Å². The van der Waals surface area contributed by atoms with Crippen LogP contribution in [0.5, 0.6) is 11.7 Å². The summed E-state index contributed by atoms with van der Waals surface area (Å²) in [7, 11) is 0. The third-order valence-electron chi connectivity index (χ3n) is 6.70. The molecule has 30 heavy (non-hydrogen) atoms. The largest absolute Gasteiger partial charge is 0.426 e. The third-order valence-corrected chi connectivity index (χ3v) is 6.70. The quantitative estimate of drug-likeness (QED) is 0.816. The Balaban J connectivity index is 1.19. The Morgan fingerprint density at radius 2 is 1.77 bits per heavy atom. The van der Waals surface area contributed by atoms with E-state index in [1.54, 1.807) is 0 Å². The number of benzene rings is 1. The molecule has 2 aromatic rings. The Bertz CT molecular complexity index is 865. The predicted octanol–water partition coefficient (Wildman–Crippen LogP) is 3.12. The minimum Gasteiger partial charge on any atom is -0.426 e. The van der Waals surface area contributed by atoms with E-state index in [0.717, 1.165) is 32.1 Å². The van der Waals surface area contributed by atoms with Gasteiger partial charge >= 0.3 is 0 Å². The molecule has 4 aliphatic heterocycles. The molecule has 0 radical (unpaired) electrons. The Hall–Kier alpha value is -2.51. The van der Waals surface area contributed by atoms with Crippen LogP contribution >= 0.6 is 0 Å². The number of rotatable bonds is 5. The molecule has 6 rings (SSSR count). The van der Waals surface area contributed by atoms with Gasteiger partial charge in [-0.2, -0.15) is 0 Å². The number of ether oxygens (including phenoxy) is 2. The van der Waals surface area contributed by atoms with Gasteiger partial charge in [-0.15, -0.1) is 0 Å². The van der Waals surface area contributed by atoms with Crippen molar-refractivity contribution in [1.29, 1.82) is 0 Å². The molecule has 4 fully saturated rings. The van der Waals surface area contributed by atoms with Crippen molar-refractivity contribution in [2.45, 2.75) is 31.8 Å². The van der Waals surface area contributed by atoms with E-state index in [1.165, 1.54) is 12.8 Å². The van der Waals surface area contributed by atoms with Crippen LogP contribution in [0.25, 0.3) is 0 Å². The number of nitrogens with one attached hydrogen (secondary N) is 1. The van der Waals surface area contributed by atoms with E-state index < -0.39 is 0 Å². The summed E-state index contributed by atoms with van der Waals surface area (Å²) in [6.45, 7) is 7.58. The maximum absolute atomic E-state index is 12.8. The normalized spacial score (nSPS) is 28.4. The number of morpholine rings is 1. The van der Waals surface area contributed by atoms with Crippen LogP contribution in [0, 0.1) is 5.92 Å². The van der Waals surface area contributed by atoms with E-state index in [1.807, 2.05) is 36.4 Å². The Morgan fingerprint density at radius 1 is 1.03 bits per heavy atom. The van der Waals surface area contributed by atoms with Crippen molar-refractivity contribution in [3.05, 3.63) is 42.0 Å². The lowest BCUT2D eigenvalue weighted by Crippen LogP contribution is -2.62. The molecule has 0 unspecified atom stereocenters. The fourth-order valence-electron chi connectivity index (χ4n) is 4.89. The number of furan rings is 1. The highest BCUT2D eigenvalue weighted by atomic mass is 16.6. The van der Waals surface area contributed by atoms with E-state index in [4.69, 9.17) is 13.9 Å². The van der Waals surface area contributed by atoms with Gasteiger partial charge in [0, 0.05) is 42.9 Å². The van der Waals surface area contributed by atoms with E-state index in [2.05, 4.69) is 22.0 Å².